The number of benzene rings is 1. The van der Waals surface area contributed by atoms with Crippen LogP contribution in [-0.4, -0.2) is 50.6 Å². The van der Waals surface area contributed by atoms with Gasteiger partial charge in [-0.3, -0.25) is 4.99 Å². The Bertz CT molecular complexity index is 437. The molecule has 0 saturated carbocycles. The molecule has 0 amide bonds. The summed E-state index contributed by atoms with van der Waals surface area (Å²) < 4.78 is 5.40. The number of nitrogens with one attached hydrogen (secondary N) is 1. The van der Waals surface area contributed by atoms with Crippen molar-refractivity contribution in [1.82, 2.24) is 10.2 Å². The normalized spacial score (nSPS) is 11.3. The maximum absolute atomic E-state index is 5.40. The molecule has 0 radical (unpaired) electrons. The van der Waals surface area contributed by atoms with Crippen molar-refractivity contribution in [2.45, 2.75) is 19.4 Å². The van der Waals surface area contributed by atoms with Gasteiger partial charge in [0.2, 0.25) is 0 Å². The third-order valence-electron chi connectivity index (χ3n) is 3.23. The van der Waals surface area contributed by atoms with E-state index in [9.17, 15) is 0 Å². The molecule has 0 aliphatic rings. The summed E-state index contributed by atoms with van der Waals surface area (Å²) in [6.07, 6.45) is 4.55. The summed E-state index contributed by atoms with van der Waals surface area (Å²) in [6, 6.07) is 8.09. The Morgan fingerprint density at radius 1 is 1.33 bits per heavy atom. The summed E-state index contributed by atoms with van der Waals surface area (Å²) in [5.41, 5.74) is 1.16. The van der Waals surface area contributed by atoms with Crippen LogP contribution in [0.3, 0.4) is 0 Å². The first-order valence-corrected chi connectivity index (χ1v) is 8.65. The van der Waals surface area contributed by atoms with Gasteiger partial charge in [0, 0.05) is 32.7 Å². The number of methoxy groups -OCH3 is 1. The Morgan fingerprint density at radius 2 is 2.10 bits per heavy atom. The molecule has 0 spiro atoms. The fraction of sp³-hybridized carbons (Fsp3) is 0.562. The van der Waals surface area contributed by atoms with E-state index in [2.05, 4.69) is 27.5 Å². The van der Waals surface area contributed by atoms with Crippen molar-refractivity contribution in [2.75, 3.05) is 39.8 Å². The first kappa shape index (κ1) is 17.7. The van der Waals surface area contributed by atoms with Crippen LogP contribution in [0.1, 0.15) is 18.4 Å². The van der Waals surface area contributed by atoms with Crippen LogP contribution in [0.2, 0.25) is 0 Å². The molecule has 1 rings (SSSR count). The highest BCUT2D eigenvalue weighted by Crippen LogP contribution is 2.18. The van der Waals surface area contributed by atoms with Crippen LogP contribution in [0, 0.1) is 0 Å². The maximum Gasteiger partial charge on any atom is 0.193 e. The molecule has 21 heavy (non-hydrogen) atoms. The molecule has 1 N–H and O–H groups in total. The summed E-state index contributed by atoms with van der Waals surface area (Å²) in [6.45, 7) is 1.73. The van der Waals surface area contributed by atoms with Crippen LogP contribution < -0.4 is 10.1 Å². The third-order valence-corrected chi connectivity index (χ3v) is 3.93. The van der Waals surface area contributed by atoms with Gasteiger partial charge >= 0.3 is 0 Å². The lowest BCUT2D eigenvalue weighted by Gasteiger charge is -2.23. The van der Waals surface area contributed by atoms with Crippen LogP contribution in [-0.2, 0) is 6.54 Å². The van der Waals surface area contributed by atoms with Gasteiger partial charge in [-0.15, -0.1) is 0 Å². The van der Waals surface area contributed by atoms with Crippen molar-refractivity contribution in [3.05, 3.63) is 29.8 Å². The largest absolute Gasteiger partial charge is 0.496 e. The lowest BCUT2D eigenvalue weighted by atomic mass is 10.2. The topological polar surface area (TPSA) is 36.9 Å². The molecule has 0 saturated heterocycles. The Kier molecular flexibility index (Phi) is 8.74. The van der Waals surface area contributed by atoms with E-state index >= 15 is 0 Å². The first-order valence-electron chi connectivity index (χ1n) is 7.25. The van der Waals surface area contributed by atoms with Crippen LogP contribution in [0.25, 0.3) is 0 Å². The van der Waals surface area contributed by atoms with Gasteiger partial charge in [-0.05, 0) is 30.9 Å². The fourth-order valence-corrected chi connectivity index (χ4v) is 2.61. The quantitative estimate of drug-likeness (QED) is 0.455. The smallest absolute Gasteiger partial charge is 0.193 e. The second-order valence-electron chi connectivity index (χ2n) is 4.84. The minimum absolute atomic E-state index is 0.772. The lowest BCUT2D eigenvalue weighted by Crippen LogP contribution is -2.38. The number of ether oxygens (including phenoxy) is 1. The number of unbranched alkanes of at least 4 members (excludes halogenated alkanes) is 1. The minimum Gasteiger partial charge on any atom is -0.496 e. The van der Waals surface area contributed by atoms with Gasteiger partial charge in [0.15, 0.2) is 5.96 Å². The molecule has 0 heterocycles. The molecule has 118 valence electrons. The van der Waals surface area contributed by atoms with Gasteiger partial charge < -0.3 is 15.0 Å². The van der Waals surface area contributed by atoms with Crippen molar-refractivity contribution in [3.8, 4) is 5.75 Å². The van der Waals surface area contributed by atoms with Gasteiger partial charge in [0.1, 0.15) is 5.75 Å². The number of aliphatic imine (C=N–C) groups is 1. The minimum atomic E-state index is 0.772. The summed E-state index contributed by atoms with van der Waals surface area (Å²) in [4.78, 5) is 6.46. The van der Waals surface area contributed by atoms with E-state index in [1.165, 1.54) is 18.6 Å². The van der Waals surface area contributed by atoms with E-state index in [0.29, 0.717) is 0 Å². The van der Waals surface area contributed by atoms with E-state index in [1.54, 1.807) is 7.11 Å². The summed E-state index contributed by atoms with van der Waals surface area (Å²) in [5.74, 6) is 3.06. The van der Waals surface area contributed by atoms with Crippen molar-refractivity contribution in [3.63, 3.8) is 0 Å². The second kappa shape index (κ2) is 10.4. The predicted molar refractivity (Wildman–Crippen MR) is 93.4 cm³/mol. The molecule has 0 fully saturated rings. The van der Waals surface area contributed by atoms with Crippen molar-refractivity contribution in [1.29, 1.82) is 0 Å². The SMILES string of the molecule is CN=C(NCCCCSC)N(C)Cc1ccccc1OC. The van der Waals surface area contributed by atoms with E-state index < -0.39 is 0 Å². The van der Waals surface area contributed by atoms with E-state index in [-0.39, 0.29) is 0 Å². The summed E-state index contributed by atoms with van der Waals surface area (Å²) in [7, 11) is 5.57. The number of rotatable bonds is 8. The standard InChI is InChI=1S/C16H27N3OS/c1-17-16(18-11-7-8-12-21-4)19(2)13-14-9-5-6-10-15(14)20-3/h5-6,9-10H,7-8,11-13H2,1-4H3,(H,17,18). The lowest BCUT2D eigenvalue weighted by molar-refractivity contribution is 0.396. The maximum atomic E-state index is 5.40. The Morgan fingerprint density at radius 3 is 2.76 bits per heavy atom. The summed E-state index contributed by atoms with van der Waals surface area (Å²) >= 11 is 1.90. The third kappa shape index (κ3) is 6.29. The van der Waals surface area contributed by atoms with E-state index in [0.717, 1.165) is 30.4 Å². The fourth-order valence-electron chi connectivity index (χ4n) is 2.12. The molecular formula is C16H27N3OS. The van der Waals surface area contributed by atoms with Crippen LogP contribution in [0.5, 0.6) is 5.75 Å². The molecule has 5 heteroatoms. The molecule has 0 bridgehead atoms. The highest BCUT2D eigenvalue weighted by atomic mass is 32.2. The van der Waals surface area contributed by atoms with Gasteiger partial charge in [-0.25, -0.2) is 0 Å². The van der Waals surface area contributed by atoms with E-state index in [4.69, 9.17) is 4.74 Å². The van der Waals surface area contributed by atoms with Crippen molar-refractivity contribution >= 4 is 17.7 Å². The number of guanidine groups is 1. The highest BCUT2D eigenvalue weighted by Gasteiger charge is 2.09. The van der Waals surface area contributed by atoms with E-state index in [1.807, 2.05) is 44.1 Å². The number of para-hydroxylation sites is 1. The average molecular weight is 309 g/mol. The Hall–Kier alpha value is -1.36. The second-order valence-corrected chi connectivity index (χ2v) is 5.83. The molecule has 0 atom stereocenters. The van der Waals surface area contributed by atoms with Gasteiger partial charge in [-0.1, -0.05) is 18.2 Å². The van der Waals surface area contributed by atoms with Crippen molar-refractivity contribution < 1.29 is 4.74 Å². The predicted octanol–water partition coefficient (Wildman–Crippen LogP) is 2.85. The zero-order valence-electron chi connectivity index (χ0n) is 13.6. The molecule has 1 aromatic rings. The Balaban J connectivity index is 2.49. The zero-order chi connectivity index (χ0) is 15.5. The van der Waals surface area contributed by atoms with Crippen LogP contribution >= 0.6 is 11.8 Å². The molecule has 1 aromatic carbocycles. The number of thioether (sulfide) groups is 1. The van der Waals surface area contributed by atoms with Crippen LogP contribution in [0.15, 0.2) is 29.3 Å². The highest BCUT2D eigenvalue weighted by molar-refractivity contribution is 7.98. The van der Waals surface area contributed by atoms with Crippen molar-refractivity contribution in [2.24, 2.45) is 4.99 Å². The molecular weight excluding hydrogens is 282 g/mol. The number of hydrogen-bond donors (Lipinski definition) is 1. The zero-order valence-corrected chi connectivity index (χ0v) is 14.4. The van der Waals surface area contributed by atoms with Gasteiger partial charge in [0.25, 0.3) is 0 Å². The summed E-state index contributed by atoms with van der Waals surface area (Å²) in [5, 5.41) is 3.41. The number of nitrogens with zero attached hydrogens (tertiary/aromatic N) is 2. The molecule has 4 nitrogen and oxygen atoms in total. The Labute approximate surface area is 133 Å². The first-order chi connectivity index (χ1) is 10.2. The average Bonchev–Trinajstić information content (AvgIpc) is 2.51. The number of hydrogen-bond acceptors (Lipinski definition) is 3. The molecule has 0 unspecified atom stereocenters. The molecule has 0 aromatic heterocycles. The molecule has 0 aliphatic heterocycles. The van der Waals surface area contributed by atoms with Gasteiger partial charge in [0.05, 0.1) is 7.11 Å². The monoisotopic (exact) mass is 309 g/mol. The van der Waals surface area contributed by atoms with Gasteiger partial charge in [-0.2, -0.15) is 11.8 Å². The van der Waals surface area contributed by atoms with Crippen LogP contribution in [0.4, 0.5) is 0 Å². The molecule has 0 aliphatic carbocycles.